The Morgan fingerprint density at radius 3 is 2.34 bits per heavy atom. The van der Waals surface area contributed by atoms with Gasteiger partial charge in [-0.25, -0.2) is 4.79 Å². The molecule has 1 amide bonds. The Hall–Kier alpha value is -3.64. The van der Waals surface area contributed by atoms with Crippen molar-refractivity contribution in [2.45, 2.75) is 0 Å². The molecule has 1 fully saturated rings. The second kappa shape index (κ2) is 9.66. The average molecular weight is 431 g/mol. The Bertz CT molecular complexity index is 1140. The zero-order valence-electron chi connectivity index (χ0n) is 18.0. The first-order chi connectivity index (χ1) is 15.5. The summed E-state index contributed by atoms with van der Waals surface area (Å²) >= 11 is 0. The molecule has 32 heavy (non-hydrogen) atoms. The smallest absolute Gasteiger partial charge is 0.335 e. The van der Waals surface area contributed by atoms with E-state index in [1.807, 2.05) is 54.4 Å². The molecule has 1 aliphatic heterocycles. The standard InChI is InChI=1S/C26H26N2O4/c1-27-13-15-28(16-14-27)25(29)22(17-19-9-11-21(12-10-19)26(30)31)18-32-24-8-4-6-20-5-2-3-7-23(20)24/h2-12,17H,13-16,18H2,1H3,(H,30,31). The van der Waals surface area contributed by atoms with Crippen molar-refractivity contribution in [3.63, 3.8) is 0 Å². The van der Waals surface area contributed by atoms with Gasteiger partial charge in [0, 0.05) is 31.6 Å². The number of aromatic carboxylic acids is 1. The van der Waals surface area contributed by atoms with Gasteiger partial charge in [0.2, 0.25) is 0 Å². The molecule has 3 aromatic carbocycles. The van der Waals surface area contributed by atoms with Crippen molar-refractivity contribution < 1.29 is 19.4 Å². The first kappa shape index (κ1) is 21.6. The number of benzene rings is 3. The van der Waals surface area contributed by atoms with E-state index in [4.69, 9.17) is 9.84 Å². The van der Waals surface area contributed by atoms with Gasteiger partial charge in [-0.05, 0) is 42.3 Å². The topological polar surface area (TPSA) is 70.1 Å². The minimum absolute atomic E-state index is 0.0550. The van der Waals surface area contributed by atoms with Crippen molar-refractivity contribution in [2.24, 2.45) is 0 Å². The Morgan fingerprint density at radius 1 is 0.938 bits per heavy atom. The van der Waals surface area contributed by atoms with Crippen molar-refractivity contribution >= 4 is 28.7 Å². The Kier molecular flexibility index (Phi) is 6.52. The number of carboxylic acids is 1. The van der Waals surface area contributed by atoms with E-state index in [1.54, 1.807) is 18.2 Å². The number of ether oxygens (including phenoxy) is 1. The lowest BCUT2D eigenvalue weighted by Crippen LogP contribution is -2.48. The van der Waals surface area contributed by atoms with Crippen LogP contribution in [0.4, 0.5) is 0 Å². The van der Waals surface area contributed by atoms with Gasteiger partial charge >= 0.3 is 5.97 Å². The number of rotatable bonds is 6. The molecule has 1 aliphatic rings. The summed E-state index contributed by atoms with van der Waals surface area (Å²) in [5.74, 6) is -0.310. The van der Waals surface area contributed by atoms with Crippen molar-refractivity contribution in [1.29, 1.82) is 0 Å². The van der Waals surface area contributed by atoms with Crippen molar-refractivity contribution in [1.82, 2.24) is 9.80 Å². The summed E-state index contributed by atoms with van der Waals surface area (Å²) in [6, 6.07) is 20.3. The number of nitrogens with zero attached hydrogens (tertiary/aromatic N) is 2. The van der Waals surface area contributed by atoms with Crippen LogP contribution in [-0.2, 0) is 4.79 Å². The highest BCUT2D eigenvalue weighted by molar-refractivity contribution is 5.98. The van der Waals surface area contributed by atoms with Gasteiger partial charge in [-0.2, -0.15) is 0 Å². The number of hydrogen-bond donors (Lipinski definition) is 1. The van der Waals surface area contributed by atoms with Crippen LogP contribution < -0.4 is 4.74 Å². The largest absolute Gasteiger partial charge is 0.488 e. The van der Waals surface area contributed by atoms with Crippen LogP contribution in [0.3, 0.4) is 0 Å². The number of carbonyl (C=O) groups excluding carboxylic acids is 1. The molecular formula is C26H26N2O4. The molecule has 1 N–H and O–H groups in total. The monoisotopic (exact) mass is 430 g/mol. The lowest BCUT2D eigenvalue weighted by molar-refractivity contribution is -0.128. The Balaban J connectivity index is 1.60. The van der Waals surface area contributed by atoms with Crippen LogP contribution in [-0.4, -0.2) is 66.6 Å². The molecule has 0 atom stereocenters. The third-order valence-corrected chi connectivity index (χ3v) is 5.70. The van der Waals surface area contributed by atoms with Crippen LogP contribution in [0.2, 0.25) is 0 Å². The van der Waals surface area contributed by atoms with Crippen molar-refractivity contribution in [3.8, 4) is 5.75 Å². The minimum Gasteiger partial charge on any atom is -0.488 e. The van der Waals surface area contributed by atoms with E-state index in [0.717, 1.165) is 35.2 Å². The van der Waals surface area contributed by atoms with Crippen LogP contribution in [0.25, 0.3) is 16.8 Å². The average Bonchev–Trinajstić information content (AvgIpc) is 2.82. The van der Waals surface area contributed by atoms with Crippen molar-refractivity contribution in [2.75, 3.05) is 39.8 Å². The molecule has 0 bridgehead atoms. The lowest BCUT2D eigenvalue weighted by Gasteiger charge is -2.33. The number of amides is 1. The fourth-order valence-electron chi connectivity index (χ4n) is 3.78. The molecule has 6 heteroatoms. The summed E-state index contributed by atoms with van der Waals surface area (Å²) in [6.07, 6.45) is 1.79. The number of piperazine rings is 1. The Labute approximate surface area is 187 Å². The third-order valence-electron chi connectivity index (χ3n) is 5.70. The predicted octanol–water partition coefficient (Wildman–Crippen LogP) is 3.77. The number of carbonyl (C=O) groups is 2. The third kappa shape index (κ3) is 4.98. The molecule has 1 saturated heterocycles. The van der Waals surface area contributed by atoms with Crippen LogP contribution in [0, 0.1) is 0 Å². The SMILES string of the molecule is CN1CCN(C(=O)C(=Cc2ccc(C(=O)O)cc2)COc2cccc3ccccc23)CC1. The van der Waals surface area contributed by atoms with Gasteiger partial charge < -0.3 is 19.6 Å². The van der Waals surface area contributed by atoms with Gasteiger partial charge in [-0.3, -0.25) is 4.79 Å². The van der Waals surface area contributed by atoms with E-state index in [0.29, 0.717) is 18.7 Å². The fraction of sp³-hybridized carbons (Fsp3) is 0.231. The number of hydrogen-bond acceptors (Lipinski definition) is 4. The van der Waals surface area contributed by atoms with Gasteiger partial charge in [0.1, 0.15) is 12.4 Å². The predicted molar refractivity (Wildman–Crippen MR) is 125 cm³/mol. The van der Waals surface area contributed by atoms with Crippen LogP contribution in [0.15, 0.2) is 72.3 Å². The highest BCUT2D eigenvalue weighted by Crippen LogP contribution is 2.26. The molecule has 0 aromatic heterocycles. The molecule has 3 aromatic rings. The molecule has 0 aliphatic carbocycles. The molecule has 0 saturated carbocycles. The second-order valence-corrected chi connectivity index (χ2v) is 7.96. The summed E-state index contributed by atoms with van der Waals surface area (Å²) in [4.78, 5) is 28.5. The summed E-state index contributed by atoms with van der Waals surface area (Å²) in [5, 5.41) is 11.2. The van der Waals surface area contributed by atoms with E-state index < -0.39 is 5.97 Å². The van der Waals surface area contributed by atoms with Gasteiger partial charge in [0.25, 0.3) is 5.91 Å². The maximum Gasteiger partial charge on any atom is 0.335 e. The van der Waals surface area contributed by atoms with Crippen molar-refractivity contribution in [3.05, 3.63) is 83.4 Å². The zero-order chi connectivity index (χ0) is 22.5. The molecule has 0 radical (unpaired) electrons. The van der Waals surface area contributed by atoms with Crippen LogP contribution in [0.5, 0.6) is 5.75 Å². The Morgan fingerprint density at radius 2 is 1.62 bits per heavy atom. The van der Waals surface area contributed by atoms with Gasteiger partial charge in [-0.1, -0.05) is 48.5 Å². The highest BCUT2D eigenvalue weighted by Gasteiger charge is 2.23. The first-order valence-electron chi connectivity index (χ1n) is 10.6. The van der Waals surface area contributed by atoms with E-state index >= 15 is 0 Å². The quantitative estimate of drug-likeness (QED) is 0.603. The number of fused-ring (bicyclic) bond motifs is 1. The molecular weight excluding hydrogens is 404 g/mol. The minimum atomic E-state index is -0.978. The summed E-state index contributed by atoms with van der Waals surface area (Å²) < 4.78 is 6.13. The van der Waals surface area contributed by atoms with Gasteiger partial charge in [-0.15, -0.1) is 0 Å². The number of carboxylic acid groups (broad SMARTS) is 1. The van der Waals surface area contributed by atoms with E-state index in [9.17, 15) is 9.59 Å². The molecule has 0 unspecified atom stereocenters. The molecule has 4 rings (SSSR count). The maximum absolute atomic E-state index is 13.3. The van der Waals surface area contributed by atoms with Crippen LogP contribution >= 0.6 is 0 Å². The lowest BCUT2D eigenvalue weighted by atomic mass is 10.1. The fourth-order valence-corrected chi connectivity index (χ4v) is 3.78. The van der Waals surface area contributed by atoms with Gasteiger partial charge in [0.15, 0.2) is 0 Å². The zero-order valence-corrected chi connectivity index (χ0v) is 18.0. The van der Waals surface area contributed by atoms with E-state index in [1.165, 1.54) is 12.1 Å². The molecule has 6 nitrogen and oxygen atoms in total. The summed E-state index contributed by atoms with van der Waals surface area (Å²) in [7, 11) is 2.05. The van der Waals surface area contributed by atoms with E-state index in [-0.39, 0.29) is 18.1 Å². The summed E-state index contributed by atoms with van der Waals surface area (Å²) in [6.45, 7) is 3.12. The molecule has 164 valence electrons. The second-order valence-electron chi connectivity index (χ2n) is 7.96. The normalized spacial score (nSPS) is 15.0. The molecule has 0 spiro atoms. The van der Waals surface area contributed by atoms with Gasteiger partial charge in [0.05, 0.1) is 11.1 Å². The first-order valence-corrected chi connectivity index (χ1v) is 10.6. The van der Waals surface area contributed by atoms with E-state index in [2.05, 4.69) is 4.90 Å². The van der Waals surface area contributed by atoms with Crippen LogP contribution in [0.1, 0.15) is 15.9 Å². The maximum atomic E-state index is 13.3. The number of likely N-dealkylation sites (N-methyl/N-ethyl adjacent to an activating group) is 1. The highest BCUT2D eigenvalue weighted by atomic mass is 16.5. The summed E-state index contributed by atoms with van der Waals surface area (Å²) in [5.41, 5.74) is 1.50. The molecule has 1 heterocycles.